The molecule has 2 N–H and O–H groups in total. The highest BCUT2D eigenvalue weighted by molar-refractivity contribution is 8.15. The molecule has 0 bridgehead atoms. The lowest BCUT2D eigenvalue weighted by Crippen LogP contribution is -2.33. The molecule has 2 heterocycles. The molecule has 2 rings (SSSR count). The van der Waals surface area contributed by atoms with E-state index in [1.54, 1.807) is 11.8 Å². The van der Waals surface area contributed by atoms with Crippen LogP contribution in [0.3, 0.4) is 0 Å². The van der Waals surface area contributed by atoms with E-state index in [-0.39, 0.29) is 11.2 Å². The van der Waals surface area contributed by atoms with Crippen molar-refractivity contribution in [3.05, 3.63) is 0 Å². The van der Waals surface area contributed by atoms with Crippen LogP contribution in [0.2, 0.25) is 0 Å². The maximum atomic E-state index is 11.0. The average Bonchev–Trinajstić information content (AvgIpc) is 2.68. The first-order chi connectivity index (χ1) is 7.16. The molecule has 0 aromatic heterocycles. The summed E-state index contributed by atoms with van der Waals surface area (Å²) in [6, 6.07) is 0. The Morgan fingerprint density at radius 3 is 2.73 bits per heavy atom. The molecule has 0 aromatic carbocycles. The number of rotatable bonds is 2. The predicted octanol–water partition coefficient (Wildman–Crippen LogP) is 0.327. The van der Waals surface area contributed by atoms with Crippen LogP contribution < -0.4 is 5.73 Å². The zero-order chi connectivity index (χ0) is 10.8. The maximum absolute atomic E-state index is 11.0. The first kappa shape index (κ1) is 11.0. The molecule has 0 radical (unpaired) electrons. The van der Waals surface area contributed by atoms with Gasteiger partial charge in [-0.2, -0.15) is 0 Å². The molecule has 1 atom stereocenters. The number of carbonyl (C=O) groups excluding carboxylic acids is 1. The zero-order valence-corrected chi connectivity index (χ0v) is 9.80. The molecule has 1 saturated heterocycles. The highest BCUT2D eigenvalue weighted by Gasteiger charge is 2.30. The summed E-state index contributed by atoms with van der Waals surface area (Å²) in [4.78, 5) is 17.8. The molecule has 15 heavy (non-hydrogen) atoms. The fourth-order valence-electron chi connectivity index (χ4n) is 2.02. The van der Waals surface area contributed by atoms with Gasteiger partial charge in [-0.1, -0.05) is 11.8 Å². The molecule has 0 aliphatic carbocycles. The lowest BCUT2D eigenvalue weighted by molar-refractivity contribution is -0.117. The van der Waals surface area contributed by atoms with E-state index in [2.05, 4.69) is 16.9 Å². The summed E-state index contributed by atoms with van der Waals surface area (Å²) in [5.74, 6) is 0.335. The zero-order valence-electron chi connectivity index (χ0n) is 8.98. The first-order valence-electron chi connectivity index (χ1n) is 5.35. The van der Waals surface area contributed by atoms with Gasteiger partial charge in [-0.3, -0.25) is 9.79 Å². The Labute approximate surface area is 94.3 Å². The molecule has 5 heteroatoms. The number of piperidine rings is 1. The van der Waals surface area contributed by atoms with Crippen LogP contribution in [0.5, 0.6) is 0 Å². The van der Waals surface area contributed by atoms with Gasteiger partial charge in [-0.25, -0.2) is 0 Å². The molecular formula is C10H17N3OS. The molecule has 1 amide bonds. The van der Waals surface area contributed by atoms with Crippen molar-refractivity contribution in [2.24, 2.45) is 16.6 Å². The lowest BCUT2D eigenvalue weighted by Gasteiger charge is -2.28. The summed E-state index contributed by atoms with van der Waals surface area (Å²) in [6.45, 7) is 2.85. The highest BCUT2D eigenvalue weighted by atomic mass is 32.2. The van der Waals surface area contributed by atoms with Gasteiger partial charge in [0.05, 0.1) is 11.6 Å². The highest BCUT2D eigenvalue weighted by Crippen LogP contribution is 2.30. The number of aliphatic imine (C=N–C) groups is 1. The molecule has 1 fully saturated rings. The van der Waals surface area contributed by atoms with Crippen molar-refractivity contribution in [3.63, 3.8) is 0 Å². The molecular weight excluding hydrogens is 210 g/mol. The minimum Gasteiger partial charge on any atom is -0.369 e. The number of nitrogens with two attached hydrogens (primary N) is 1. The normalized spacial score (nSPS) is 29.1. The van der Waals surface area contributed by atoms with Crippen molar-refractivity contribution in [2.75, 3.05) is 26.7 Å². The molecule has 0 saturated carbocycles. The monoisotopic (exact) mass is 227 g/mol. The van der Waals surface area contributed by atoms with E-state index in [0.717, 1.165) is 31.0 Å². The molecule has 1 unspecified atom stereocenters. The summed E-state index contributed by atoms with van der Waals surface area (Å²) >= 11 is 1.58. The minimum atomic E-state index is -0.230. The number of primary amides is 1. The molecule has 0 aromatic rings. The van der Waals surface area contributed by atoms with Crippen LogP contribution in [0.4, 0.5) is 0 Å². The van der Waals surface area contributed by atoms with Gasteiger partial charge < -0.3 is 10.6 Å². The van der Waals surface area contributed by atoms with Crippen LogP contribution >= 0.6 is 11.8 Å². The van der Waals surface area contributed by atoms with Crippen molar-refractivity contribution < 1.29 is 4.79 Å². The van der Waals surface area contributed by atoms with Crippen molar-refractivity contribution >= 4 is 22.7 Å². The van der Waals surface area contributed by atoms with Gasteiger partial charge >= 0.3 is 0 Å². The fraction of sp³-hybridized carbons (Fsp3) is 0.800. The van der Waals surface area contributed by atoms with Crippen molar-refractivity contribution in [2.45, 2.75) is 18.1 Å². The van der Waals surface area contributed by atoms with E-state index in [1.807, 2.05) is 0 Å². The van der Waals surface area contributed by atoms with E-state index >= 15 is 0 Å². The van der Waals surface area contributed by atoms with Gasteiger partial charge in [0.15, 0.2) is 0 Å². The Balaban J connectivity index is 1.88. The summed E-state index contributed by atoms with van der Waals surface area (Å²) in [7, 11) is 2.14. The Bertz CT molecular complexity index is 284. The van der Waals surface area contributed by atoms with Crippen LogP contribution in [-0.2, 0) is 4.79 Å². The second kappa shape index (κ2) is 4.53. The second-order valence-electron chi connectivity index (χ2n) is 4.27. The van der Waals surface area contributed by atoms with Gasteiger partial charge in [0.25, 0.3) is 0 Å². The van der Waals surface area contributed by atoms with Crippen molar-refractivity contribution in [1.29, 1.82) is 0 Å². The number of carbonyl (C=O) groups is 1. The topological polar surface area (TPSA) is 58.7 Å². The van der Waals surface area contributed by atoms with Gasteiger partial charge in [-0.05, 0) is 33.0 Å². The third-order valence-electron chi connectivity index (χ3n) is 3.06. The minimum absolute atomic E-state index is 0.111. The van der Waals surface area contributed by atoms with Crippen LogP contribution in [-0.4, -0.2) is 47.8 Å². The lowest BCUT2D eigenvalue weighted by atomic mass is 9.98. The van der Waals surface area contributed by atoms with E-state index in [0.29, 0.717) is 12.5 Å². The number of amides is 1. The van der Waals surface area contributed by atoms with E-state index in [4.69, 9.17) is 5.73 Å². The third kappa shape index (κ3) is 2.52. The summed E-state index contributed by atoms with van der Waals surface area (Å²) in [6.07, 6.45) is 2.32. The van der Waals surface area contributed by atoms with Gasteiger partial charge in [0, 0.05) is 5.92 Å². The largest absolute Gasteiger partial charge is 0.369 e. The number of thioether (sulfide) groups is 1. The number of likely N-dealkylation sites (tertiary alicyclic amines) is 1. The molecule has 2 aliphatic rings. The predicted molar refractivity (Wildman–Crippen MR) is 63.1 cm³/mol. The van der Waals surface area contributed by atoms with Crippen molar-refractivity contribution in [1.82, 2.24) is 4.90 Å². The smallest absolute Gasteiger partial charge is 0.232 e. The SMILES string of the molecule is CN1CCC(C2=NCC(C(N)=O)S2)CC1. The summed E-state index contributed by atoms with van der Waals surface area (Å²) in [5, 5.41) is 1.05. The molecule has 4 nitrogen and oxygen atoms in total. The Morgan fingerprint density at radius 1 is 1.53 bits per heavy atom. The van der Waals surface area contributed by atoms with E-state index in [9.17, 15) is 4.79 Å². The van der Waals surface area contributed by atoms with E-state index in [1.165, 1.54) is 0 Å². The average molecular weight is 227 g/mol. The van der Waals surface area contributed by atoms with Gasteiger partial charge in [0.1, 0.15) is 5.25 Å². The third-order valence-corrected chi connectivity index (χ3v) is 4.43. The maximum Gasteiger partial charge on any atom is 0.232 e. The van der Waals surface area contributed by atoms with Gasteiger partial charge in [0.2, 0.25) is 5.91 Å². The summed E-state index contributed by atoms with van der Waals surface area (Å²) < 4.78 is 0. The first-order valence-corrected chi connectivity index (χ1v) is 6.23. The molecule has 84 valence electrons. The van der Waals surface area contributed by atoms with Crippen molar-refractivity contribution in [3.8, 4) is 0 Å². The quantitative estimate of drug-likeness (QED) is 0.739. The Morgan fingerprint density at radius 2 is 2.20 bits per heavy atom. The van der Waals surface area contributed by atoms with E-state index < -0.39 is 0 Å². The van der Waals surface area contributed by atoms with Gasteiger partial charge in [-0.15, -0.1) is 0 Å². The summed E-state index contributed by atoms with van der Waals surface area (Å²) in [5.41, 5.74) is 5.27. The van der Waals surface area contributed by atoms with Crippen LogP contribution in [0.15, 0.2) is 4.99 Å². The molecule has 0 spiro atoms. The molecule has 2 aliphatic heterocycles. The van der Waals surface area contributed by atoms with Crippen LogP contribution in [0, 0.1) is 5.92 Å². The van der Waals surface area contributed by atoms with Crippen LogP contribution in [0.1, 0.15) is 12.8 Å². The Kier molecular flexibility index (Phi) is 3.31. The number of hydrogen-bond acceptors (Lipinski definition) is 4. The standard InChI is InChI=1S/C10H17N3OS/c1-13-4-2-7(3-5-13)10-12-6-8(15-10)9(11)14/h7-8H,2-6H2,1H3,(H2,11,14). The van der Waals surface area contributed by atoms with Crippen LogP contribution in [0.25, 0.3) is 0 Å². The second-order valence-corrected chi connectivity index (χ2v) is 5.49. The fourth-order valence-corrected chi connectivity index (χ4v) is 3.16. The Hall–Kier alpha value is -0.550. The number of hydrogen-bond donors (Lipinski definition) is 1. The number of nitrogens with zero attached hydrogens (tertiary/aromatic N) is 2.